The number of nitro groups is 1. The number of hydrogen-bond acceptors (Lipinski definition) is 9. The van der Waals surface area contributed by atoms with Gasteiger partial charge in [0.25, 0.3) is 11.2 Å². The Morgan fingerprint density at radius 3 is 2.55 bits per heavy atom. The third-order valence-corrected chi connectivity index (χ3v) is 8.70. The number of aromatic nitrogens is 1. The summed E-state index contributed by atoms with van der Waals surface area (Å²) in [5.74, 6) is 1.05. The number of hydrogen-bond donors (Lipinski definition) is 0. The Morgan fingerprint density at radius 2 is 1.82 bits per heavy atom. The van der Waals surface area contributed by atoms with Gasteiger partial charge >= 0.3 is 5.97 Å². The molecule has 0 amide bonds. The number of esters is 1. The van der Waals surface area contributed by atoms with E-state index >= 15 is 0 Å². The summed E-state index contributed by atoms with van der Waals surface area (Å²) in [5.41, 5.74) is 1.24. The van der Waals surface area contributed by atoms with E-state index in [0.29, 0.717) is 43.6 Å². The Kier molecular flexibility index (Phi) is 7.97. The van der Waals surface area contributed by atoms with Crippen LogP contribution in [0.25, 0.3) is 28.7 Å². The summed E-state index contributed by atoms with van der Waals surface area (Å²) in [6.45, 7) is 3.54. The van der Waals surface area contributed by atoms with E-state index in [2.05, 4.69) is 20.9 Å². The molecule has 0 unspecified atom stereocenters. The first kappa shape index (κ1) is 29.5. The van der Waals surface area contributed by atoms with Crippen LogP contribution in [0.3, 0.4) is 0 Å². The second-order valence-corrected chi connectivity index (χ2v) is 12.0. The number of furan rings is 2. The van der Waals surface area contributed by atoms with Crippen LogP contribution in [-0.4, -0.2) is 22.1 Å². The lowest BCUT2D eigenvalue weighted by Gasteiger charge is -2.22. The molecule has 0 fully saturated rings. The lowest BCUT2D eigenvalue weighted by atomic mass is 10.0. The summed E-state index contributed by atoms with van der Waals surface area (Å²) in [6, 6.07) is 17.8. The molecule has 1 aliphatic rings. The molecule has 0 saturated heterocycles. The smallest absolute Gasteiger partial charge is 0.338 e. The maximum atomic E-state index is 13.9. The van der Waals surface area contributed by atoms with E-state index in [9.17, 15) is 19.7 Å². The van der Waals surface area contributed by atoms with E-state index in [1.807, 2.05) is 24.3 Å². The summed E-state index contributed by atoms with van der Waals surface area (Å²) in [5, 5.41) is 11.3. The molecule has 2 aromatic carbocycles. The first-order valence-electron chi connectivity index (χ1n) is 13.2. The van der Waals surface area contributed by atoms with Crippen molar-refractivity contribution < 1.29 is 23.3 Å². The molecule has 44 heavy (non-hydrogen) atoms. The third-order valence-electron chi connectivity index (χ3n) is 6.87. The van der Waals surface area contributed by atoms with Crippen molar-refractivity contribution in [1.82, 2.24) is 4.57 Å². The summed E-state index contributed by atoms with van der Waals surface area (Å²) in [6.07, 6.45) is 1.56. The fraction of sp³-hybridized carbons (Fsp3) is 0.129. The second-order valence-electron chi connectivity index (χ2n) is 9.64. The molecule has 5 aromatic rings. The number of halogens is 2. The van der Waals surface area contributed by atoms with Crippen molar-refractivity contribution >= 4 is 56.6 Å². The van der Waals surface area contributed by atoms with Crippen LogP contribution in [-0.2, 0) is 9.53 Å². The van der Waals surface area contributed by atoms with Gasteiger partial charge < -0.3 is 13.6 Å². The topological polar surface area (TPSA) is 130 Å². The van der Waals surface area contributed by atoms with Gasteiger partial charge in [-0.2, -0.15) is 0 Å². The van der Waals surface area contributed by atoms with Gasteiger partial charge in [0.15, 0.2) is 4.80 Å². The highest BCUT2D eigenvalue weighted by Gasteiger charge is 2.35. The molecule has 0 aliphatic carbocycles. The lowest BCUT2D eigenvalue weighted by Crippen LogP contribution is -2.39. The monoisotopic (exact) mass is 693 g/mol. The van der Waals surface area contributed by atoms with Crippen molar-refractivity contribution in [2.24, 2.45) is 4.99 Å². The summed E-state index contributed by atoms with van der Waals surface area (Å²) >= 11 is 10.5. The molecule has 0 N–H and O–H groups in total. The molecule has 10 nitrogen and oxygen atoms in total. The van der Waals surface area contributed by atoms with Gasteiger partial charge in [0.1, 0.15) is 34.1 Å². The van der Waals surface area contributed by atoms with Gasteiger partial charge in [0.05, 0.1) is 27.3 Å². The van der Waals surface area contributed by atoms with Gasteiger partial charge in [-0.1, -0.05) is 51.0 Å². The SMILES string of the molecule is CCOC(=O)C1=C(C)N=c2s/c(=C\c3ccc(-c4ccc(Cl)c([N+](=O)[O-])c4)o3)c(=O)n2[C@@H]1c1ccc(-c2ccc(Br)cc2)o1. The van der Waals surface area contributed by atoms with Crippen LogP contribution >= 0.6 is 38.9 Å². The first-order chi connectivity index (χ1) is 21.1. The normalized spacial score (nSPS) is 14.8. The van der Waals surface area contributed by atoms with E-state index in [1.165, 1.54) is 16.7 Å². The van der Waals surface area contributed by atoms with E-state index in [0.717, 1.165) is 21.4 Å². The molecule has 222 valence electrons. The minimum absolute atomic E-state index is 0.0131. The minimum atomic E-state index is -0.918. The predicted octanol–water partition coefficient (Wildman–Crippen LogP) is 6.64. The summed E-state index contributed by atoms with van der Waals surface area (Å²) in [4.78, 5) is 42.8. The number of carbonyl (C=O) groups is 1. The van der Waals surface area contributed by atoms with E-state index in [4.69, 9.17) is 25.2 Å². The number of thiazole rings is 1. The van der Waals surface area contributed by atoms with Crippen molar-refractivity contribution in [2.45, 2.75) is 19.9 Å². The fourth-order valence-corrected chi connectivity index (χ4v) is 6.33. The van der Waals surface area contributed by atoms with Crippen LogP contribution in [0.15, 0.2) is 101 Å². The van der Waals surface area contributed by atoms with Crippen molar-refractivity contribution in [2.75, 3.05) is 6.61 Å². The molecule has 0 radical (unpaired) electrons. The highest BCUT2D eigenvalue weighted by atomic mass is 79.9. The highest BCUT2D eigenvalue weighted by Crippen LogP contribution is 2.35. The van der Waals surface area contributed by atoms with E-state index in [-0.39, 0.29) is 22.9 Å². The fourth-order valence-electron chi connectivity index (χ4n) is 4.85. The van der Waals surface area contributed by atoms with Crippen LogP contribution in [0.5, 0.6) is 0 Å². The number of fused-ring (bicyclic) bond motifs is 1. The predicted molar refractivity (Wildman–Crippen MR) is 168 cm³/mol. The molecule has 0 saturated carbocycles. The van der Waals surface area contributed by atoms with Gasteiger partial charge in [-0.15, -0.1) is 0 Å². The Hall–Kier alpha value is -4.52. The quantitative estimate of drug-likeness (QED) is 0.106. The molecule has 13 heteroatoms. The maximum Gasteiger partial charge on any atom is 0.338 e. The molecular formula is C31H21BrClN3O7S. The Morgan fingerprint density at radius 1 is 1.11 bits per heavy atom. The van der Waals surface area contributed by atoms with Gasteiger partial charge in [0, 0.05) is 27.7 Å². The van der Waals surface area contributed by atoms with Crippen molar-refractivity contribution in [3.63, 3.8) is 0 Å². The molecule has 1 aliphatic heterocycles. The van der Waals surface area contributed by atoms with Crippen LogP contribution in [0.2, 0.25) is 5.02 Å². The average Bonchev–Trinajstić information content (AvgIpc) is 3.73. The van der Waals surface area contributed by atoms with Crippen LogP contribution < -0.4 is 14.9 Å². The lowest BCUT2D eigenvalue weighted by molar-refractivity contribution is -0.384. The second kappa shape index (κ2) is 11.9. The van der Waals surface area contributed by atoms with Crippen molar-refractivity contribution in [1.29, 1.82) is 0 Å². The standard InChI is InChI=1S/C31H21BrClN3O7S/c1-3-41-30(38)27-16(2)34-31-35(28(27)25-13-12-23(43-25)17-4-7-19(32)8-5-17)29(37)26(44-31)15-20-9-11-24(42-20)18-6-10-21(33)22(14-18)36(39)40/h4-15,28H,3H2,1-2H3/b26-15-/t28-/m1/s1. The van der Waals surface area contributed by atoms with Crippen LogP contribution in [0.4, 0.5) is 5.69 Å². The van der Waals surface area contributed by atoms with Crippen molar-refractivity contribution in [3.8, 4) is 22.6 Å². The van der Waals surface area contributed by atoms with Gasteiger partial charge in [0.2, 0.25) is 0 Å². The Balaban J connectivity index is 1.44. The molecule has 3 aromatic heterocycles. The maximum absolute atomic E-state index is 13.9. The summed E-state index contributed by atoms with van der Waals surface area (Å²) < 4.78 is 20.2. The van der Waals surface area contributed by atoms with E-state index < -0.39 is 22.5 Å². The molecule has 1 atom stereocenters. The van der Waals surface area contributed by atoms with Crippen molar-refractivity contribution in [3.05, 3.63) is 129 Å². The highest BCUT2D eigenvalue weighted by molar-refractivity contribution is 9.10. The number of nitrogens with zero attached hydrogens (tertiary/aromatic N) is 3. The zero-order valence-corrected chi connectivity index (χ0v) is 26.2. The number of rotatable bonds is 7. The van der Waals surface area contributed by atoms with E-state index in [1.54, 1.807) is 50.3 Å². The van der Waals surface area contributed by atoms with Gasteiger partial charge in [-0.25, -0.2) is 9.79 Å². The minimum Gasteiger partial charge on any atom is -0.463 e. The van der Waals surface area contributed by atoms with Crippen LogP contribution in [0.1, 0.15) is 31.4 Å². The number of ether oxygens (including phenoxy) is 1. The number of allylic oxidation sites excluding steroid dienone is 1. The molecule has 6 rings (SSSR count). The number of nitro benzene ring substituents is 1. The summed E-state index contributed by atoms with van der Waals surface area (Å²) in [7, 11) is 0. The molecule has 0 spiro atoms. The zero-order valence-electron chi connectivity index (χ0n) is 23.1. The molecular weight excluding hydrogens is 674 g/mol. The largest absolute Gasteiger partial charge is 0.463 e. The van der Waals surface area contributed by atoms with Gasteiger partial charge in [-0.05, 0) is 62.4 Å². The number of carbonyl (C=O) groups excluding carboxylic acids is 1. The first-order valence-corrected chi connectivity index (χ1v) is 15.2. The Bertz CT molecular complexity index is 2160. The average molecular weight is 695 g/mol. The van der Waals surface area contributed by atoms with Crippen LogP contribution in [0, 0.1) is 10.1 Å². The third kappa shape index (κ3) is 5.47. The zero-order chi connectivity index (χ0) is 31.1. The molecule has 4 heterocycles. The van der Waals surface area contributed by atoms with Gasteiger partial charge in [-0.3, -0.25) is 19.5 Å². The Labute approximate surface area is 266 Å². The number of benzene rings is 2. The molecule has 0 bridgehead atoms.